The van der Waals surface area contributed by atoms with Gasteiger partial charge in [-0.3, -0.25) is 0 Å². The molecule has 0 aromatic rings. The minimum Gasteiger partial charge on any atom is -0.239 e. The van der Waals surface area contributed by atoms with Crippen molar-refractivity contribution in [2.45, 2.75) is 20.8 Å². The molecule has 0 atom stereocenters. The van der Waals surface area contributed by atoms with Crippen LogP contribution in [0.2, 0.25) is 0 Å². The van der Waals surface area contributed by atoms with Crippen LogP contribution in [0.1, 0.15) is 20.8 Å². The predicted octanol–water partition coefficient (Wildman–Crippen LogP) is 6.45. The van der Waals surface area contributed by atoms with Crippen LogP contribution in [0.5, 0.6) is 0 Å². The van der Waals surface area contributed by atoms with E-state index >= 15 is 0 Å². The molecule has 0 amide bonds. The first-order chi connectivity index (χ1) is 7.80. The van der Waals surface area contributed by atoms with E-state index in [1.54, 1.807) is 0 Å². The molecule has 2 heterocycles. The summed E-state index contributed by atoms with van der Waals surface area (Å²) in [5.74, 6) is 0. The molecule has 0 saturated carbocycles. The summed E-state index contributed by atoms with van der Waals surface area (Å²) in [6.07, 6.45) is 2.30. The Kier molecular flexibility index (Phi) is 5.04. The molecule has 0 aromatic heterocycles. The molecule has 17 heavy (non-hydrogen) atoms. The zero-order valence-electron chi connectivity index (χ0n) is 9.47. The van der Waals surface area contributed by atoms with Crippen molar-refractivity contribution >= 4 is 93.1 Å². The lowest BCUT2D eigenvalue weighted by molar-refractivity contribution is 0.534. The van der Waals surface area contributed by atoms with E-state index in [1.807, 2.05) is 21.6 Å². The Hall–Kier alpha value is 1.78. The van der Waals surface area contributed by atoms with E-state index < -0.39 is 0 Å². The molecular weight excluding hydrogens is 591 g/mol. The quantitative estimate of drug-likeness (QED) is 0.234. The average molecular weight is 601 g/mol. The highest BCUT2D eigenvalue weighted by atomic mass is 127. The minimum atomic E-state index is 0.234. The van der Waals surface area contributed by atoms with Crippen molar-refractivity contribution in [2.75, 3.05) is 0 Å². The maximum absolute atomic E-state index is 4.66. The number of aliphatic imine (C=N–C) groups is 1. The largest absolute Gasteiger partial charge is 0.239 e. The van der Waals surface area contributed by atoms with Crippen LogP contribution in [0.4, 0.5) is 0 Å². The molecule has 0 N–H and O–H groups in total. The fraction of sp³-hybridized carbons (Fsp3) is 0.364. The van der Waals surface area contributed by atoms with Crippen molar-refractivity contribution in [2.24, 2.45) is 10.4 Å². The zero-order valence-corrected chi connectivity index (χ0v) is 17.6. The van der Waals surface area contributed by atoms with Gasteiger partial charge in [0.05, 0.1) is 12.9 Å². The van der Waals surface area contributed by atoms with Gasteiger partial charge in [-0.25, -0.2) is 4.99 Å². The second kappa shape index (κ2) is 5.65. The Labute approximate surface area is 151 Å². The molecule has 0 bridgehead atoms. The molecule has 0 radical (unpaired) electrons. The highest BCUT2D eigenvalue weighted by Crippen LogP contribution is 2.54. The van der Waals surface area contributed by atoms with Crippen LogP contribution in [-0.2, 0) is 0 Å². The molecule has 2 aliphatic rings. The standard InChI is InChI=1S/C11H10I3NS2/c1-11(2,3)6-4-5(16-17-6)9-7(12)8(13)10(14)15-9/h4H,1-3H3/b9-5+. The second-order valence-electron chi connectivity index (χ2n) is 4.67. The third-order valence-electron chi connectivity index (χ3n) is 2.25. The summed E-state index contributed by atoms with van der Waals surface area (Å²) in [5, 5.41) is 0. The highest BCUT2D eigenvalue weighted by Gasteiger charge is 2.28. The monoisotopic (exact) mass is 601 g/mol. The first-order valence-electron chi connectivity index (χ1n) is 4.92. The van der Waals surface area contributed by atoms with E-state index in [1.165, 1.54) is 17.0 Å². The van der Waals surface area contributed by atoms with Crippen LogP contribution in [0.15, 0.2) is 33.7 Å². The highest BCUT2D eigenvalue weighted by molar-refractivity contribution is 14.1. The number of rotatable bonds is 0. The van der Waals surface area contributed by atoms with Crippen molar-refractivity contribution in [3.63, 3.8) is 0 Å². The Balaban J connectivity index is 2.43. The fourth-order valence-corrected chi connectivity index (χ4v) is 6.39. The second-order valence-corrected chi connectivity index (χ2v) is 10.1. The molecule has 0 unspecified atom stereocenters. The van der Waals surface area contributed by atoms with E-state index in [0.717, 1.165) is 9.42 Å². The van der Waals surface area contributed by atoms with Crippen molar-refractivity contribution in [3.05, 3.63) is 28.7 Å². The lowest BCUT2D eigenvalue weighted by atomic mass is 9.95. The number of hydrogen-bond acceptors (Lipinski definition) is 3. The SMILES string of the molecule is CC(C)(C)C1=C/C(=C2\N=C(I)C(I)=C2I)SS1. The Morgan fingerprint density at radius 3 is 2.12 bits per heavy atom. The van der Waals surface area contributed by atoms with Crippen LogP contribution in [0, 0.1) is 5.41 Å². The Morgan fingerprint density at radius 1 is 1.06 bits per heavy atom. The molecule has 2 aliphatic heterocycles. The van der Waals surface area contributed by atoms with Gasteiger partial charge in [0.2, 0.25) is 0 Å². The zero-order chi connectivity index (χ0) is 12.8. The van der Waals surface area contributed by atoms with Crippen LogP contribution in [0.3, 0.4) is 0 Å². The topological polar surface area (TPSA) is 12.4 Å². The first-order valence-corrected chi connectivity index (χ1v) is 10.3. The fourth-order valence-electron chi connectivity index (χ4n) is 1.26. The third kappa shape index (κ3) is 3.27. The summed E-state index contributed by atoms with van der Waals surface area (Å²) in [4.78, 5) is 7.39. The molecule has 1 nitrogen and oxygen atoms in total. The van der Waals surface area contributed by atoms with Crippen molar-refractivity contribution in [1.29, 1.82) is 0 Å². The summed E-state index contributed by atoms with van der Waals surface area (Å²) < 4.78 is 3.66. The van der Waals surface area contributed by atoms with Crippen molar-refractivity contribution < 1.29 is 0 Å². The van der Waals surface area contributed by atoms with Crippen molar-refractivity contribution in [1.82, 2.24) is 0 Å². The van der Waals surface area contributed by atoms with Gasteiger partial charge in [0.15, 0.2) is 0 Å². The smallest absolute Gasteiger partial charge is 0.116 e. The maximum atomic E-state index is 4.66. The lowest BCUT2D eigenvalue weighted by Gasteiger charge is -2.17. The minimum absolute atomic E-state index is 0.234. The van der Waals surface area contributed by atoms with Crippen LogP contribution < -0.4 is 0 Å². The molecule has 0 fully saturated rings. The normalized spacial score (nSPS) is 25.5. The predicted molar refractivity (Wildman–Crippen MR) is 106 cm³/mol. The van der Waals surface area contributed by atoms with E-state index in [9.17, 15) is 0 Å². The van der Waals surface area contributed by atoms with E-state index in [2.05, 4.69) is 99.6 Å². The number of nitrogens with zero attached hydrogens (tertiary/aromatic N) is 1. The van der Waals surface area contributed by atoms with Crippen LogP contribution in [0.25, 0.3) is 0 Å². The number of allylic oxidation sites excluding steroid dienone is 4. The van der Waals surface area contributed by atoms with Gasteiger partial charge in [-0.1, -0.05) is 42.4 Å². The molecule has 0 aliphatic carbocycles. The molecule has 92 valence electrons. The summed E-state index contributed by atoms with van der Waals surface area (Å²) >= 11 is 7.07. The van der Waals surface area contributed by atoms with Crippen LogP contribution in [-0.4, -0.2) is 3.72 Å². The van der Waals surface area contributed by atoms with Gasteiger partial charge < -0.3 is 0 Å². The third-order valence-corrected chi connectivity index (χ3v) is 10.0. The van der Waals surface area contributed by atoms with Gasteiger partial charge in [0, 0.05) is 9.81 Å². The molecule has 6 heteroatoms. The van der Waals surface area contributed by atoms with Gasteiger partial charge in [-0.05, 0) is 79.3 Å². The lowest BCUT2D eigenvalue weighted by Crippen LogP contribution is -2.04. The van der Waals surface area contributed by atoms with E-state index in [0.29, 0.717) is 0 Å². The van der Waals surface area contributed by atoms with Gasteiger partial charge >= 0.3 is 0 Å². The Morgan fingerprint density at radius 2 is 1.71 bits per heavy atom. The molecular formula is C11H10I3NS2. The Bertz CT molecular complexity index is 495. The van der Waals surface area contributed by atoms with Gasteiger partial charge in [-0.2, -0.15) is 0 Å². The molecule has 0 aromatic carbocycles. The molecule has 0 saturated heterocycles. The molecule has 0 spiro atoms. The number of hydrogen-bond donors (Lipinski definition) is 0. The average Bonchev–Trinajstić information content (AvgIpc) is 2.79. The van der Waals surface area contributed by atoms with Crippen molar-refractivity contribution in [3.8, 4) is 0 Å². The van der Waals surface area contributed by atoms with Gasteiger partial charge in [0.25, 0.3) is 0 Å². The molecule has 2 rings (SSSR count). The van der Waals surface area contributed by atoms with E-state index in [4.69, 9.17) is 0 Å². The van der Waals surface area contributed by atoms with Crippen LogP contribution >= 0.6 is 89.4 Å². The summed E-state index contributed by atoms with van der Waals surface area (Å²) in [5.41, 5.74) is 1.38. The summed E-state index contributed by atoms with van der Waals surface area (Å²) in [7, 11) is 3.70. The van der Waals surface area contributed by atoms with Gasteiger partial charge in [-0.15, -0.1) is 0 Å². The summed E-state index contributed by atoms with van der Waals surface area (Å²) in [6, 6.07) is 0. The number of halogens is 3. The first kappa shape index (κ1) is 15.2. The van der Waals surface area contributed by atoms with Gasteiger partial charge in [0.1, 0.15) is 3.72 Å². The maximum Gasteiger partial charge on any atom is 0.116 e. The summed E-state index contributed by atoms with van der Waals surface area (Å²) in [6.45, 7) is 6.77. The van der Waals surface area contributed by atoms with E-state index in [-0.39, 0.29) is 5.41 Å².